The molecule has 0 amide bonds. The minimum Gasteiger partial charge on any atom is -0.460 e. The highest BCUT2D eigenvalue weighted by atomic mass is 79.9. The van der Waals surface area contributed by atoms with Crippen molar-refractivity contribution in [3.63, 3.8) is 0 Å². The third-order valence-electron chi connectivity index (χ3n) is 1.03. The summed E-state index contributed by atoms with van der Waals surface area (Å²) in [4.78, 5) is 10.9. The van der Waals surface area contributed by atoms with Gasteiger partial charge in [0, 0.05) is 0 Å². The Morgan fingerprint density at radius 2 is 2.50 bits per heavy atom. The lowest BCUT2D eigenvalue weighted by Crippen LogP contribution is -1.90. The molecular weight excluding hydrogens is 196 g/mol. The fourth-order valence-corrected chi connectivity index (χ4v) is 0.959. The quantitative estimate of drug-likeness (QED) is 0.543. The predicted molar refractivity (Wildman–Crippen MR) is 40.9 cm³/mol. The van der Waals surface area contributed by atoms with Gasteiger partial charge < -0.3 is 4.42 Å². The number of halogens is 1. The Hall–Kier alpha value is -0.830. The summed E-state index contributed by atoms with van der Waals surface area (Å²) in [6, 6.07) is 1.66. The Morgan fingerprint density at radius 1 is 1.80 bits per heavy atom. The molecule has 0 aliphatic heterocycles. The van der Waals surface area contributed by atoms with E-state index in [4.69, 9.17) is 4.42 Å². The second-order valence-electron chi connectivity index (χ2n) is 1.67. The van der Waals surface area contributed by atoms with Crippen LogP contribution in [0.15, 0.2) is 33.9 Å². The molecule has 0 aromatic carbocycles. The maximum atomic E-state index is 10.9. The third kappa shape index (κ3) is 1.19. The van der Waals surface area contributed by atoms with Crippen LogP contribution in [0.25, 0.3) is 0 Å². The zero-order chi connectivity index (χ0) is 7.56. The summed E-state index contributed by atoms with van der Waals surface area (Å²) < 4.78 is 5.51. The van der Waals surface area contributed by atoms with Crippen LogP contribution in [-0.2, 0) is 0 Å². The highest BCUT2D eigenvalue weighted by Gasteiger charge is 2.08. The predicted octanol–water partition coefficient (Wildman–Crippen LogP) is 2.41. The molecule has 52 valence electrons. The van der Waals surface area contributed by atoms with Crippen LogP contribution < -0.4 is 0 Å². The second kappa shape index (κ2) is 2.84. The van der Waals surface area contributed by atoms with Crippen LogP contribution in [0, 0.1) is 0 Å². The Labute approximate surface area is 66.7 Å². The van der Waals surface area contributed by atoms with Gasteiger partial charge in [-0.25, -0.2) is 0 Å². The summed E-state index contributed by atoms with van der Waals surface area (Å²) in [5.74, 6) is 0.0897. The fourth-order valence-electron chi connectivity index (χ4n) is 0.562. The van der Waals surface area contributed by atoms with Crippen molar-refractivity contribution >= 4 is 21.7 Å². The van der Waals surface area contributed by atoms with Crippen molar-refractivity contribution < 1.29 is 9.21 Å². The first-order valence-corrected chi connectivity index (χ1v) is 3.44. The number of hydrogen-bond acceptors (Lipinski definition) is 2. The lowest BCUT2D eigenvalue weighted by molar-refractivity contribution is 0.102. The summed E-state index contributed by atoms with van der Waals surface area (Å²) >= 11 is 3.15. The van der Waals surface area contributed by atoms with Gasteiger partial charge in [-0.15, -0.1) is 0 Å². The highest BCUT2D eigenvalue weighted by Crippen LogP contribution is 2.17. The van der Waals surface area contributed by atoms with E-state index in [9.17, 15) is 4.79 Å². The molecule has 0 saturated carbocycles. The molecule has 2 nitrogen and oxygen atoms in total. The van der Waals surface area contributed by atoms with Crippen LogP contribution in [0.2, 0.25) is 0 Å². The van der Waals surface area contributed by atoms with E-state index in [1.54, 1.807) is 6.07 Å². The first-order valence-electron chi connectivity index (χ1n) is 2.65. The lowest BCUT2D eigenvalue weighted by atomic mass is 10.3. The molecular formula is C7H5BrO2. The van der Waals surface area contributed by atoms with Crippen LogP contribution >= 0.6 is 15.9 Å². The molecule has 0 saturated heterocycles. The van der Waals surface area contributed by atoms with E-state index in [1.807, 2.05) is 0 Å². The normalized spacial score (nSPS) is 9.30. The largest absolute Gasteiger partial charge is 0.460 e. The second-order valence-corrected chi connectivity index (χ2v) is 2.52. The van der Waals surface area contributed by atoms with Gasteiger partial charge in [0.1, 0.15) is 0 Å². The van der Waals surface area contributed by atoms with E-state index in [-0.39, 0.29) is 5.78 Å². The molecule has 10 heavy (non-hydrogen) atoms. The van der Waals surface area contributed by atoms with Crippen molar-refractivity contribution in [3.8, 4) is 0 Å². The standard InChI is InChI=1S/C7H5BrO2/c1-2-6(9)7-5(8)3-4-10-7/h2-4H,1H2. The van der Waals surface area contributed by atoms with Gasteiger partial charge in [0.05, 0.1) is 10.7 Å². The summed E-state index contributed by atoms with van der Waals surface area (Å²) in [6.07, 6.45) is 2.66. The van der Waals surface area contributed by atoms with E-state index in [0.717, 1.165) is 0 Å². The van der Waals surface area contributed by atoms with Crippen LogP contribution in [0.5, 0.6) is 0 Å². The van der Waals surface area contributed by atoms with Gasteiger partial charge in [0.25, 0.3) is 0 Å². The van der Waals surface area contributed by atoms with Crippen LogP contribution in [0.4, 0.5) is 0 Å². The van der Waals surface area contributed by atoms with Crippen LogP contribution in [-0.4, -0.2) is 5.78 Å². The number of ketones is 1. The topological polar surface area (TPSA) is 30.2 Å². The van der Waals surface area contributed by atoms with Gasteiger partial charge in [-0.1, -0.05) is 6.58 Å². The van der Waals surface area contributed by atoms with Crippen molar-refractivity contribution in [2.45, 2.75) is 0 Å². The average molecular weight is 201 g/mol. The van der Waals surface area contributed by atoms with E-state index in [1.165, 1.54) is 12.3 Å². The van der Waals surface area contributed by atoms with Crippen molar-refractivity contribution in [3.05, 3.63) is 35.2 Å². The summed E-state index contributed by atoms with van der Waals surface area (Å²) in [7, 11) is 0. The molecule has 0 aliphatic rings. The van der Waals surface area contributed by atoms with Crippen molar-refractivity contribution in [1.82, 2.24) is 0 Å². The number of hydrogen-bond donors (Lipinski definition) is 0. The number of allylic oxidation sites excluding steroid dienone is 1. The van der Waals surface area contributed by atoms with Crippen LogP contribution in [0.1, 0.15) is 10.6 Å². The van der Waals surface area contributed by atoms with Crippen molar-refractivity contribution in [2.24, 2.45) is 0 Å². The summed E-state index contributed by atoms with van der Waals surface area (Å²) in [6.45, 7) is 3.33. The molecule has 1 aromatic heterocycles. The molecule has 0 N–H and O–H groups in total. The van der Waals surface area contributed by atoms with Crippen molar-refractivity contribution in [1.29, 1.82) is 0 Å². The molecule has 0 spiro atoms. The van der Waals surface area contributed by atoms with E-state index in [2.05, 4.69) is 22.5 Å². The zero-order valence-electron chi connectivity index (χ0n) is 5.13. The first kappa shape index (κ1) is 7.28. The SMILES string of the molecule is C=CC(=O)c1occc1Br. The van der Waals surface area contributed by atoms with Gasteiger partial charge in [-0.05, 0) is 28.1 Å². The minimum absolute atomic E-state index is 0.211. The van der Waals surface area contributed by atoms with Gasteiger partial charge >= 0.3 is 0 Å². The van der Waals surface area contributed by atoms with Crippen LogP contribution in [0.3, 0.4) is 0 Å². The highest BCUT2D eigenvalue weighted by molar-refractivity contribution is 9.10. The molecule has 3 heteroatoms. The van der Waals surface area contributed by atoms with Crippen molar-refractivity contribution in [2.75, 3.05) is 0 Å². The van der Waals surface area contributed by atoms with Gasteiger partial charge in [-0.2, -0.15) is 0 Å². The molecule has 0 fully saturated rings. The third-order valence-corrected chi connectivity index (χ3v) is 1.65. The minimum atomic E-state index is -0.211. The number of furan rings is 1. The molecule has 0 unspecified atom stereocenters. The Bertz CT molecular complexity index is 262. The number of carbonyl (C=O) groups is 1. The molecule has 1 aromatic rings. The van der Waals surface area contributed by atoms with E-state index < -0.39 is 0 Å². The lowest BCUT2D eigenvalue weighted by Gasteiger charge is -1.86. The molecule has 1 rings (SSSR count). The van der Waals surface area contributed by atoms with E-state index >= 15 is 0 Å². The maximum absolute atomic E-state index is 10.9. The van der Waals surface area contributed by atoms with Gasteiger partial charge in [0.2, 0.25) is 5.78 Å². The Kier molecular flexibility index (Phi) is 2.06. The Balaban J connectivity index is 3.04. The average Bonchev–Trinajstić information content (AvgIpc) is 2.34. The summed E-state index contributed by atoms with van der Waals surface area (Å²) in [5, 5.41) is 0. The molecule has 1 heterocycles. The Morgan fingerprint density at radius 3 is 2.90 bits per heavy atom. The molecule has 0 atom stereocenters. The maximum Gasteiger partial charge on any atom is 0.221 e. The summed E-state index contributed by atoms with van der Waals surface area (Å²) in [5.41, 5.74) is 0. The smallest absolute Gasteiger partial charge is 0.221 e. The molecule has 0 bridgehead atoms. The molecule has 0 radical (unpaired) electrons. The molecule has 0 aliphatic carbocycles. The fraction of sp³-hybridized carbons (Fsp3) is 0. The van der Waals surface area contributed by atoms with Gasteiger partial charge in [0.15, 0.2) is 5.76 Å². The first-order chi connectivity index (χ1) is 4.75. The zero-order valence-corrected chi connectivity index (χ0v) is 6.72. The van der Waals surface area contributed by atoms with E-state index in [0.29, 0.717) is 10.2 Å². The number of rotatable bonds is 2. The monoisotopic (exact) mass is 200 g/mol. The number of carbonyl (C=O) groups excluding carboxylic acids is 1. The van der Waals surface area contributed by atoms with Gasteiger partial charge in [-0.3, -0.25) is 4.79 Å².